The fraction of sp³-hybridized carbons (Fsp3) is 0.438. The van der Waals surface area contributed by atoms with Crippen LogP contribution in [0.25, 0.3) is 0 Å². The summed E-state index contributed by atoms with van der Waals surface area (Å²) in [7, 11) is 0. The maximum Gasteiger partial charge on any atom is 0.297 e. The molecule has 0 bridgehead atoms. The summed E-state index contributed by atoms with van der Waals surface area (Å²) in [6, 6.07) is 11.3. The van der Waals surface area contributed by atoms with Gasteiger partial charge in [-0.15, -0.1) is 0 Å². The molecule has 2 heterocycles. The minimum Gasteiger partial charge on any atom is -0.432 e. The number of nitrogens with zero attached hydrogens (tertiary/aromatic N) is 2. The van der Waals surface area contributed by atoms with Crippen molar-refractivity contribution in [2.24, 2.45) is 5.92 Å². The van der Waals surface area contributed by atoms with E-state index >= 15 is 0 Å². The van der Waals surface area contributed by atoms with Crippen molar-refractivity contribution in [2.75, 3.05) is 18.0 Å². The van der Waals surface area contributed by atoms with Crippen LogP contribution in [0.15, 0.2) is 41.0 Å². The fourth-order valence-corrected chi connectivity index (χ4v) is 2.79. The van der Waals surface area contributed by atoms with E-state index in [-0.39, 0.29) is 6.61 Å². The molecule has 20 heavy (non-hydrogen) atoms. The first kappa shape index (κ1) is 13.2. The molecule has 0 aliphatic carbocycles. The van der Waals surface area contributed by atoms with Crippen LogP contribution in [0.4, 0.5) is 6.01 Å². The van der Waals surface area contributed by atoms with E-state index in [2.05, 4.69) is 40.2 Å². The van der Waals surface area contributed by atoms with Crippen LogP contribution in [-0.2, 0) is 13.0 Å². The Balaban J connectivity index is 1.54. The minimum atomic E-state index is -0.0615. The Hall–Kier alpha value is -1.81. The molecule has 0 amide bonds. The SMILES string of the molecule is OCc1coc(N2CCC(Cc3ccccc3)CC2)n1. The smallest absolute Gasteiger partial charge is 0.297 e. The third kappa shape index (κ3) is 3.02. The Morgan fingerprint density at radius 1 is 1.20 bits per heavy atom. The quantitative estimate of drug-likeness (QED) is 0.929. The number of aromatic nitrogens is 1. The summed E-state index contributed by atoms with van der Waals surface area (Å²) in [6.07, 6.45) is 5.00. The highest BCUT2D eigenvalue weighted by Gasteiger charge is 2.22. The number of piperidine rings is 1. The number of benzene rings is 1. The van der Waals surface area contributed by atoms with E-state index in [1.165, 1.54) is 11.8 Å². The van der Waals surface area contributed by atoms with Crippen molar-refractivity contribution in [3.8, 4) is 0 Å². The molecule has 1 aliphatic rings. The summed E-state index contributed by atoms with van der Waals surface area (Å²) in [5.41, 5.74) is 2.02. The van der Waals surface area contributed by atoms with Crippen molar-refractivity contribution < 1.29 is 9.52 Å². The standard InChI is InChI=1S/C16H20N2O2/c19-11-15-12-20-16(17-15)18-8-6-14(7-9-18)10-13-4-2-1-3-5-13/h1-5,12,14,19H,6-11H2. The molecule has 4 heteroatoms. The first-order valence-corrected chi connectivity index (χ1v) is 7.19. The van der Waals surface area contributed by atoms with Crippen LogP contribution in [-0.4, -0.2) is 23.2 Å². The first-order valence-electron chi connectivity index (χ1n) is 7.19. The number of oxazole rings is 1. The summed E-state index contributed by atoms with van der Waals surface area (Å²) in [5, 5.41) is 9.01. The van der Waals surface area contributed by atoms with Crippen LogP contribution in [0, 0.1) is 5.92 Å². The van der Waals surface area contributed by atoms with Gasteiger partial charge in [-0.1, -0.05) is 30.3 Å². The van der Waals surface area contributed by atoms with Crippen LogP contribution in [0.3, 0.4) is 0 Å². The van der Waals surface area contributed by atoms with E-state index in [1.807, 2.05) is 0 Å². The highest BCUT2D eigenvalue weighted by atomic mass is 16.4. The Morgan fingerprint density at radius 2 is 1.95 bits per heavy atom. The summed E-state index contributed by atoms with van der Waals surface area (Å²) in [6.45, 7) is 1.89. The number of hydrogen-bond donors (Lipinski definition) is 1. The van der Waals surface area contributed by atoms with Gasteiger partial charge in [0.25, 0.3) is 6.01 Å². The van der Waals surface area contributed by atoms with Gasteiger partial charge in [0.05, 0.1) is 6.61 Å². The molecule has 0 atom stereocenters. The van der Waals surface area contributed by atoms with Gasteiger partial charge < -0.3 is 14.4 Å². The monoisotopic (exact) mass is 272 g/mol. The number of rotatable bonds is 4. The Kier molecular flexibility index (Phi) is 4.02. The molecule has 1 N–H and O–H groups in total. The molecule has 4 nitrogen and oxygen atoms in total. The summed E-state index contributed by atoms with van der Waals surface area (Å²) >= 11 is 0. The highest BCUT2D eigenvalue weighted by Crippen LogP contribution is 2.25. The average molecular weight is 272 g/mol. The van der Waals surface area contributed by atoms with Gasteiger partial charge >= 0.3 is 0 Å². The molecule has 0 radical (unpaired) electrons. The third-order valence-corrected chi connectivity index (χ3v) is 3.95. The molecule has 1 fully saturated rings. The van der Waals surface area contributed by atoms with Gasteiger partial charge in [-0.05, 0) is 30.7 Å². The molecule has 3 rings (SSSR count). The van der Waals surface area contributed by atoms with Gasteiger partial charge in [-0.2, -0.15) is 4.98 Å². The fourth-order valence-electron chi connectivity index (χ4n) is 2.79. The van der Waals surface area contributed by atoms with Crippen molar-refractivity contribution in [3.05, 3.63) is 47.9 Å². The minimum absolute atomic E-state index is 0.0615. The molecule has 0 saturated carbocycles. The van der Waals surface area contributed by atoms with Crippen molar-refractivity contribution >= 4 is 6.01 Å². The first-order chi connectivity index (χ1) is 9.85. The van der Waals surface area contributed by atoms with Crippen molar-refractivity contribution in [3.63, 3.8) is 0 Å². The Labute approximate surface area is 119 Å². The molecule has 0 unspecified atom stereocenters. The Bertz CT molecular complexity index is 530. The highest BCUT2D eigenvalue weighted by molar-refractivity contribution is 5.27. The zero-order valence-corrected chi connectivity index (χ0v) is 11.5. The van der Waals surface area contributed by atoms with Crippen LogP contribution in [0.1, 0.15) is 24.1 Å². The lowest BCUT2D eigenvalue weighted by Gasteiger charge is -2.30. The molecule has 106 valence electrons. The lowest BCUT2D eigenvalue weighted by atomic mass is 9.90. The predicted molar refractivity (Wildman–Crippen MR) is 77.5 cm³/mol. The molecule has 1 aromatic heterocycles. The lowest BCUT2D eigenvalue weighted by molar-refractivity contribution is 0.276. The van der Waals surface area contributed by atoms with Crippen LogP contribution in [0.5, 0.6) is 0 Å². The zero-order chi connectivity index (χ0) is 13.8. The second-order valence-corrected chi connectivity index (χ2v) is 5.40. The van der Waals surface area contributed by atoms with Crippen molar-refractivity contribution in [1.82, 2.24) is 4.98 Å². The van der Waals surface area contributed by atoms with Crippen molar-refractivity contribution in [1.29, 1.82) is 0 Å². The predicted octanol–water partition coefficient (Wildman–Crippen LogP) is 2.63. The van der Waals surface area contributed by atoms with Gasteiger partial charge in [0.2, 0.25) is 0 Å². The molecule has 0 spiro atoms. The topological polar surface area (TPSA) is 49.5 Å². The van der Waals surface area contributed by atoms with Crippen LogP contribution >= 0.6 is 0 Å². The van der Waals surface area contributed by atoms with E-state index in [4.69, 9.17) is 9.52 Å². The molecule has 1 aliphatic heterocycles. The molecular formula is C16H20N2O2. The maximum atomic E-state index is 9.01. The number of anilines is 1. The zero-order valence-electron chi connectivity index (χ0n) is 11.5. The van der Waals surface area contributed by atoms with Gasteiger partial charge in [0, 0.05) is 13.1 Å². The van der Waals surface area contributed by atoms with E-state index in [0.29, 0.717) is 11.7 Å². The summed E-state index contributed by atoms with van der Waals surface area (Å²) in [4.78, 5) is 6.44. The number of aliphatic hydroxyl groups is 1. The van der Waals surface area contributed by atoms with Gasteiger partial charge in [0.1, 0.15) is 12.0 Å². The van der Waals surface area contributed by atoms with E-state index in [1.54, 1.807) is 0 Å². The lowest BCUT2D eigenvalue weighted by Crippen LogP contribution is -2.34. The number of aliphatic hydroxyl groups excluding tert-OH is 1. The second kappa shape index (κ2) is 6.09. The third-order valence-electron chi connectivity index (χ3n) is 3.95. The Morgan fingerprint density at radius 3 is 2.60 bits per heavy atom. The van der Waals surface area contributed by atoms with E-state index in [0.717, 1.165) is 38.3 Å². The van der Waals surface area contributed by atoms with Gasteiger partial charge in [-0.25, -0.2) is 0 Å². The molecule has 1 saturated heterocycles. The molecular weight excluding hydrogens is 252 g/mol. The van der Waals surface area contributed by atoms with Crippen LogP contribution in [0.2, 0.25) is 0 Å². The second-order valence-electron chi connectivity index (χ2n) is 5.40. The van der Waals surface area contributed by atoms with E-state index in [9.17, 15) is 0 Å². The van der Waals surface area contributed by atoms with Crippen LogP contribution < -0.4 is 4.90 Å². The summed E-state index contributed by atoms with van der Waals surface area (Å²) < 4.78 is 5.40. The number of hydrogen-bond acceptors (Lipinski definition) is 4. The van der Waals surface area contributed by atoms with Gasteiger partial charge in [0.15, 0.2) is 0 Å². The largest absolute Gasteiger partial charge is 0.432 e. The van der Waals surface area contributed by atoms with Crippen molar-refractivity contribution in [2.45, 2.75) is 25.9 Å². The molecule has 2 aromatic rings. The normalized spacial score (nSPS) is 16.6. The molecule has 1 aromatic carbocycles. The average Bonchev–Trinajstić information content (AvgIpc) is 2.98. The van der Waals surface area contributed by atoms with Gasteiger partial charge in [-0.3, -0.25) is 0 Å². The van der Waals surface area contributed by atoms with E-state index < -0.39 is 0 Å². The maximum absolute atomic E-state index is 9.01. The summed E-state index contributed by atoms with van der Waals surface area (Å²) in [5.74, 6) is 0.737.